The Kier molecular flexibility index (Phi) is 4.62. The number of thiocarbonyl (C=S) groups is 1. The summed E-state index contributed by atoms with van der Waals surface area (Å²) in [7, 11) is 2.06. The summed E-state index contributed by atoms with van der Waals surface area (Å²) in [6.07, 6.45) is 7.07. The van der Waals surface area contributed by atoms with Crippen molar-refractivity contribution in [2.75, 3.05) is 11.9 Å². The SMILES string of the molecule is CN1C2=CC=CCC2=C(C(=S)Oc2c(Cl)cccc2Cl)c2ccccc21. The van der Waals surface area contributed by atoms with Crippen molar-refractivity contribution in [3.8, 4) is 5.75 Å². The number of hydrogen-bond donors (Lipinski definition) is 0. The Labute approximate surface area is 168 Å². The quantitative estimate of drug-likeness (QED) is 0.538. The zero-order chi connectivity index (χ0) is 18.3. The zero-order valence-electron chi connectivity index (χ0n) is 14.0. The third-order valence-electron chi connectivity index (χ3n) is 4.54. The van der Waals surface area contributed by atoms with E-state index < -0.39 is 0 Å². The predicted octanol–water partition coefficient (Wildman–Crippen LogP) is 6.45. The van der Waals surface area contributed by atoms with Crippen molar-refractivity contribution in [2.45, 2.75) is 6.42 Å². The standard InChI is InChI=1S/C21H15Cl2NOS/c1-24-17-11-4-2-7-13(17)19(14-8-3-5-12-18(14)24)21(26)25-20-15(22)9-6-10-16(20)23/h2-7,9-12H,8H2,1H3. The average molecular weight is 400 g/mol. The Balaban J connectivity index is 1.84. The van der Waals surface area contributed by atoms with Crippen molar-refractivity contribution < 1.29 is 4.74 Å². The number of fused-ring (bicyclic) bond motifs is 2. The van der Waals surface area contributed by atoms with Crippen molar-refractivity contribution in [1.29, 1.82) is 0 Å². The van der Waals surface area contributed by atoms with Crippen LogP contribution < -0.4 is 9.64 Å². The van der Waals surface area contributed by atoms with Crippen LogP contribution in [0.25, 0.3) is 5.57 Å². The fourth-order valence-corrected chi connectivity index (χ4v) is 4.11. The van der Waals surface area contributed by atoms with Gasteiger partial charge in [0.15, 0.2) is 10.8 Å². The fourth-order valence-electron chi connectivity index (χ4n) is 3.32. The van der Waals surface area contributed by atoms with E-state index in [1.807, 2.05) is 12.1 Å². The molecule has 0 aromatic heterocycles. The molecule has 0 bridgehead atoms. The van der Waals surface area contributed by atoms with Gasteiger partial charge in [-0.2, -0.15) is 0 Å². The molecule has 0 saturated carbocycles. The molecule has 0 saturated heterocycles. The van der Waals surface area contributed by atoms with Crippen LogP contribution in [-0.2, 0) is 0 Å². The van der Waals surface area contributed by atoms with Crippen molar-refractivity contribution >= 4 is 51.7 Å². The van der Waals surface area contributed by atoms with E-state index in [2.05, 4.69) is 42.3 Å². The minimum absolute atomic E-state index is 0.372. The molecule has 2 aliphatic rings. The third-order valence-corrected chi connectivity index (χ3v) is 5.42. The average Bonchev–Trinajstić information content (AvgIpc) is 2.65. The number of nitrogens with zero attached hydrogens (tertiary/aromatic N) is 1. The van der Waals surface area contributed by atoms with E-state index in [1.165, 1.54) is 0 Å². The lowest BCUT2D eigenvalue weighted by atomic mass is 9.88. The lowest BCUT2D eigenvalue weighted by molar-refractivity contribution is 0.571. The van der Waals surface area contributed by atoms with Gasteiger partial charge in [-0.1, -0.05) is 59.6 Å². The predicted molar refractivity (Wildman–Crippen MR) is 113 cm³/mol. The van der Waals surface area contributed by atoms with E-state index in [1.54, 1.807) is 18.2 Å². The largest absolute Gasteiger partial charge is 0.442 e. The molecule has 1 aliphatic carbocycles. The van der Waals surface area contributed by atoms with Gasteiger partial charge in [-0.25, -0.2) is 0 Å². The fraction of sp³-hybridized carbons (Fsp3) is 0.0952. The number of halogens is 2. The number of likely N-dealkylation sites (N-methyl/N-ethyl adjacent to an activating group) is 1. The van der Waals surface area contributed by atoms with Gasteiger partial charge in [-0.15, -0.1) is 0 Å². The first kappa shape index (κ1) is 17.3. The molecule has 1 aliphatic heterocycles. The molecule has 0 amide bonds. The maximum Gasteiger partial charge on any atom is 0.199 e. The second kappa shape index (κ2) is 6.92. The Morgan fingerprint density at radius 2 is 1.81 bits per heavy atom. The summed E-state index contributed by atoms with van der Waals surface area (Å²) in [4.78, 5) is 2.18. The van der Waals surface area contributed by atoms with Crippen LogP contribution in [0.5, 0.6) is 5.75 Å². The van der Waals surface area contributed by atoms with Crippen molar-refractivity contribution in [2.24, 2.45) is 0 Å². The molecule has 4 rings (SSSR count). The van der Waals surface area contributed by atoms with Crippen LogP contribution >= 0.6 is 35.4 Å². The van der Waals surface area contributed by atoms with Gasteiger partial charge in [0.1, 0.15) is 0 Å². The minimum atomic E-state index is 0.372. The normalized spacial score (nSPS) is 15.3. The second-order valence-corrected chi connectivity index (χ2v) is 7.24. The number of ether oxygens (including phenoxy) is 1. The number of benzene rings is 2. The Morgan fingerprint density at radius 1 is 1.08 bits per heavy atom. The van der Waals surface area contributed by atoms with Gasteiger partial charge in [0.05, 0.1) is 10.0 Å². The Hall–Kier alpha value is -2.07. The van der Waals surface area contributed by atoms with Crippen LogP contribution in [0.3, 0.4) is 0 Å². The molecule has 0 spiro atoms. The molecule has 5 heteroatoms. The number of allylic oxidation sites excluding steroid dienone is 4. The van der Waals surface area contributed by atoms with E-state index >= 15 is 0 Å². The summed E-state index contributed by atoms with van der Waals surface area (Å²) in [5.74, 6) is 0.391. The van der Waals surface area contributed by atoms with Gasteiger partial charge in [0.2, 0.25) is 0 Å². The lowest BCUT2D eigenvalue weighted by Gasteiger charge is -2.35. The highest BCUT2D eigenvalue weighted by Gasteiger charge is 2.30. The molecule has 2 nitrogen and oxygen atoms in total. The number of para-hydroxylation sites is 2. The topological polar surface area (TPSA) is 12.5 Å². The van der Waals surface area contributed by atoms with Crippen molar-refractivity contribution in [3.63, 3.8) is 0 Å². The van der Waals surface area contributed by atoms with E-state index in [-0.39, 0.29) is 0 Å². The lowest BCUT2D eigenvalue weighted by Crippen LogP contribution is -2.27. The molecule has 0 atom stereocenters. The number of hydrogen-bond acceptors (Lipinski definition) is 3. The van der Waals surface area contributed by atoms with E-state index in [0.29, 0.717) is 20.8 Å². The molecule has 0 radical (unpaired) electrons. The second-order valence-electron chi connectivity index (χ2n) is 6.05. The van der Waals surface area contributed by atoms with Crippen molar-refractivity contribution in [1.82, 2.24) is 0 Å². The van der Waals surface area contributed by atoms with E-state index in [4.69, 9.17) is 40.2 Å². The smallest absolute Gasteiger partial charge is 0.199 e. The molecule has 0 fully saturated rings. The van der Waals surface area contributed by atoms with Gasteiger partial charge >= 0.3 is 0 Å². The molecule has 0 unspecified atom stereocenters. The molecule has 1 heterocycles. The highest BCUT2D eigenvalue weighted by Crippen LogP contribution is 2.43. The minimum Gasteiger partial charge on any atom is -0.442 e. The zero-order valence-corrected chi connectivity index (χ0v) is 16.3. The van der Waals surface area contributed by atoms with Gasteiger partial charge in [0.25, 0.3) is 0 Å². The van der Waals surface area contributed by atoms with Crippen LogP contribution in [0.1, 0.15) is 12.0 Å². The monoisotopic (exact) mass is 399 g/mol. The van der Waals surface area contributed by atoms with E-state index in [9.17, 15) is 0 Å². The number of rotatable bonds is 2. The highest BCUT2D eigenvalue weighted by atomic mass is 35.5. The Bertz CT molecular complexity index is 987. The summed E-state index contributed by atoms with van der Waals surface area (Å²) in [5.41, 5.74) is 5.31. The van der Waals surface area contributed by atoms with Gasteiger partial charge in [0, 0.05) is 29.6 Å². The number of anilines is 1. The van der Waals surface area contributed by atoms with Crippen LogP contribution in [0.4, 0.5) is 5.69 Å². The molecule has 0 N–H and O–H groups in total. The summed E-state index contributed by atoms with van der Waals surface area (Å²) < 4.78 is 6.00. The third kappa shape index (κ3) is 2.86. The van der Waals surface area contributed by atoms with Gasteiger partial charge < -0.3 is 9.64 Å². The maximum absolute atomic E-state index is 6.26. The Morgan fingerprint density at radius 3 is 2.58 bits per heavy atom. The maximum atomic E-state index is 6.26. The molecular formula is C21H15Cl2NOS. The van der Waals surface area contributed by atoms with Crippen molar-refractivity contribution in [3.05, 3.63) is 87.6 Å². The molecule has 2 aromatic carbocycles. The van der Waals surface area contributed by atoms with Crippen LogP contribution in [0.15, 0.2) is 72.0 Å². The van der Waals surface area contributed by atoms with E-state index in [0.717, 1.165) is 34.5 Å². The molecule has 2 aromatic rings. The first-order valence-corrected chi connectivity index (χ1v) is 9.34. The summed E-state index contributed by atoms with van der Waals surface area (Å²) in [5, 5.41) is 1.24. The van der Waals surface area contributed by atoms with Crippen LogP contribution in [0.2, 0.25) is 10.0 Å². The molecule has 26 heavy (non-hydrogen) atoms. The molecular weight excluding hydrogens is 385 g/mol. The highest BCUT2D eigenvalue weighted by molar-refractivity contribution is 7.81. The van der Waals surface area contributed by atoms with Gasteiger partial charge in [-0.05, 0) is 48.5 Å². The summed E-state index contributed by atoms with van der Waals surface area (Å²) in [6.45, 7) is 0. The summed E-state index contributed by atoms with van der Waals surface area (Å²) in [6, 6.07) is 13.4. The molecule has 130 valence electrons. The van der Waals surface area contributed by atoms with Gasteiger partial charge in [-0.3, -0.25) is 0 Å². The first-order chi connectivity index (χ1) is 12.6. The first-order valence-electron chi connectivity index (χ1n) is 8.17. The summed E-state index contributed by atoms with van der Waals surface area (Å²) >= 11 is 18.2. The van der Waals surface area contributed by atoms with Crippen LogP contribution in [0, 0.1) is 0 Å². The van der Waals surface area contributed by atoms with Crippen LogP contribution in [-0.4, -0.2) is 12.1 Å².